The first-order chi connectivity index (χ1) is 14.3. The van der Waals surface area contributed by atoms with Gasteiger partial charge in [0.25, 0.3) is 0 Å². The quantitative estimate of drug-likeness (QED) is 0.699. The Balaban J connectivity index is 1.30. The molecular weight excluding hydrogens is 356 g/mol. The molecule has 3 heteroatoms. The average Bonchev–Trinajstić information content (AvgIpc) is 2.97. The van der Waals surface area contributed by atoms with Crippen LogP contribution < -0.4 is 5.32 Å². The summed E-state index contributed by atoms with van der Waals surface area (Å²) in [5.74, 6) is 1.14. The summed E-state index contributed by atoms with van der Waals surface area (Å²) in [4.78, 5) is 15.3. The number of Topliss-reactive ketones (excluding diaryl/α,β-unsaturated/α-hetero) is 1. The van der Waals surface area contributed by atoms with Crippen molar-refractivity contribution in [1.82, 2.24) is 10.2 Å². The topological polar surface area (TPSA) is 32.3 Å². The molecule has 0 amide bonds. The Hall–Kier alpha value is -1.97. The van der Waals surface area contributed by atoms with E-state index in [9.17, 15) is 4.79 Å². The third kappa shape index (κ3) is 5.77. The Morgan fingerprint density at radius 3 is 2.52 bits per heavy atom. The van der Waals surface area contributed by atoms with Crippen molar-refractivity contribution in [3.63, 3.8) is 0 Å². The van der Waals surface area contributed by atoms with Crippen LogP contribution in [0.25, 0.3) is 0 Å². The van der Waals surface area contributed by atoms with Gasteiger partial charge in [-0.25, -0.2) is 0 Å². The number of nitrogens with zero attached hydrogens (tertiary/aromatic N) is 1. The number of benzene rings is 2. The molecule has 0 atom stereocenters. The predicted molar refractivity (Wildman–Crippen MR) is 119 cm³/mol. The van der Waals surface area contributed by atoms with Crippen LogP contribution in [0.15, 0.2) is 48.5 Å². The lowest BCUT2D eigenvalue weighted by Gasteiger charge is -2.22. The highest BCUT2D eigenvalue weighted by Crippen LogP contribution is 2.22. The molecule has 0 spiro atoms. The number of rotatable bonds is 7. The van der Waals surface area contributed by atoms with E-state index in [0.717, 1.165) is 63.5 Å². The van der Waals surface area contributed by atoms with E-state index in [0.29, 0.717) is 12.2 Å². The second kappa shape index (κ2) is 10.2. The Morgan fingerprint density at radius 2 is 1.72 bits per heavy atom. The number of piperidine rings is 1. The average molecular weight is 391 g/mol. The van der Waals surface area contributed by atoms with E-state index in [1.807, 2.05) is 0 Å². The fraction of sp³-hybridized carbons (Fsp3) is 0.500. The van der Waals surface area contributed by atoms with E-state index in [1.54, 1.807) is 0 Å². The van der Waals surface area contributed by atoms with Crippen LogP contribution in [0.2, 0.25) is 0 Å². The minimum absolute atomic E-state index is 0.326. The maximum atomic E-state index is 12.7. The second-order valence-corrected chi connectivity index (χ2v) is 8.75. The number of hydrogen-bond donors (Lipinski definition) is 1. The summed E-state index contributed by atoms with van der Waals surface area (Å²) in [5.41, 5.74) is 5.10. The molecule has 2 aromatic rings. The molecule has 0 radical (unpaired) electrons. The zero-order valence-corrected chi connectivity index (χ0v) is 17.5. The summed E-state index contributed by atoms with van der Waals surface area (Å²) in [7, 11) is 0. The van der Waals surface area contributed by atoms with Gasteiger partial charge in [-0.05, 0) is 80.3 Å². The molecule has 2 aromatic carbocycles. The van der Waals surface area contributed by atoms with Gasteiger partial charge < -0.3 is 5.32 Å². The summed E-state index contributed by atoms with van der Waals surface area (Å²) in [6.07, 6.45) is 7.59. The molecule has 3 nitrogen and oxygen atoms in total. The van der Waals surface area contributed by atoms with E-state index in [2.05, 4.69) is 58.7 Å². The maximum Gasteiger partial charge on any atom is 0.162 e. The first-order valence-corrected chi connectivity index (χ1v) is 11.4. The van der Waals surface area contributed by atoms with Crippen molar-refractivity contribution in [2.24, 2.45) is 5.92 Å². The van der Waals surface area contributed by atoms with Gasteiger partial charge in [-0.15, -0.1) is 0 Å². The summed E-state index contributed by atoms with van der Waals surface area (Å²) in [5, 5.41) is 3.42. The van der Waals surface area contributed by atoms with Gasteiger partial charge in [0.2, 0.25) is 0 Å². The molecule has 0 aliphatic carbocycles. The number of fused-ring (bicyclic) bond motifs is 1. The highest BCUT2D eigenvalue weighted by molar-refractivity contribution is 5.96. The minimum Gasteiger partial charge on any atom is -0.317 e. The van der Waals surface area contributed by atoms with Gasteiger partial charge >= 0.3 is 0 Å². The van der Waals surface area contributed by atoms with Crippen molar-refractivity contribution >= 4 is 5.78 Å². The number of hydrogen-bond acceptors (Lipinski definition) is 3. The molecule has 29 heavy (non-hydrogen) atoms. The van der Waals surface area contributed by atoms with E-state index >= 15 is 0 Å². The monoisotopic (exact) mass is 390 g/mol. The van der Waals surface area contributed by atoms with Crippen LogP contribution in [0.4, 0.5) is 0 Å². The van der Waals surface area contributed by atoms with Crippen LogP contribution in [0, 0.1) is 5.92 Å². The van der Waals surface area contributed by atoms with E-state index in [4.69, 9.17) is 0 Å². The van der Waals surface area contributed by atoms with Gasteiger partial charge in [-0.3, -0.25) is 9.69 Å². The van der Waals surface area contributed by atoms with E-state index < -0.39 is 0 Å². The standard InChI is InChI=1S/C26H34N2O/c29-26(8-4-7-21-11-15-27-16-12-21)25-10-9-23-13-17-28(18-14-24(23)19-25)20-22-5-2-1-3-6-22/h1-3,5-6,9-10,19,21,27H,4,7-8,11-18,20H2. The fourth-order valence-corrected chi connectivity index (χ4v) is 4.81. The first-order valence-electron chi connectivity index (χ1n) is 11.4. The number of nitrogens with one attached hydrogen (secondary N) is 1. The minimum atomic E-state index is 0.326. The summed E-state index contributed by atoms with van der Waals surface area (Å²) in [6, 6.07) is 17.2. The third-order valence-corrected chi connectivity index (χ3v) is 6.65. The molecule has 0 bridgehead atoms. The highest BCUT2D eigenvalue weighted by Gasteiger charge is 2.17. The fourth-order valence-electron chi connectivity index (χ4n) is 4.81. The molecule has 2 aliphatic heterocycles. The lowest BCUT2D eigenvalue weighted by molar-refractivity contribution is 0.0977. The van der Waals surface area contributed by atoms with E-state index in [-0.39, 0.29) is 0 Å². The summed E-state index contributed by atoms with van der Waals surface area (Å²) in [6.45, 7) is 5.45. The van der Waals surface area contributed by atoms with Crippen molar-refractivity contribution in [3.05, 3.63) is 70.8 Å². The Kier molecular flexibility index (Phi) is 7.13. The van der Waals surface area contributed by atoms with Crippen molar-refractivity contribution < 1.29 is 4.79 Å². The zero-order chi connectivity index (χ0) is 19.9. The number of ketones is 1. The molecular formula is C26H34N2O. The molecule has 0 aromatic heterocycles. The van der Waals surface area contributed by atoms with Crippen molar-refractivity contribution in [2.45, 2.75) is 51.5 Å². The first kappa shape index (κ1) is 20.3. The maximum absolute atomic E-state index is 12.7. The predicted octanol–water partition coefficient (Wildman–Crippen LogP) is 4.64. The lowest BCUT2D eigenvalue weighted by atomic mass is 9.91. The van der Waals surface area contributed by atoms with Crippen LogP contribution in [0.1, 0.15) is 59.2 Å². The van der Waals surface area contributed by atoms with Gasteiger partial charge in [-0.2, -0.15) is 0 Å². The van der Waals surface area contributed by atoms with Gasteiger partial charge in [-0.1, -0.05) is 42.5 Å². The molecule has 1 N–H and O–H groups in total. The summed E-state index contributed by atoms with van der Waals surface area (Å²) < 4.78 is 0. The van der Waals surface area contributed by atoms with Crippen LogP contribution in [-0.2, 0) is 19.4 Å². The van der Waals surface area contributed by atoms with Gasteiger partial charge in [0, 0.05) is 31.6 Å². The third-order valence-electron chi connectivity index (χ3n) is 6.65. The van der Waals surface area contributed by atoms with Crippen LogP contribution in [-0.4, -0.2) is 36.9 Å². The van der Waals surface area contributed by atoms with Crippen LogP contribution >= 0.6 is 0 Å². The normalized spacial score (nSPS) is 18.2. The molecule has 1 saturated heterocycles. The van der Waals surface area contributed by atoms with Crippen LogP contribution in [0.3, 0.4) is 0 Å². The number of carbonyl (C=O) groups is 1. The Bertz CT molecular complexity index is 796. The number of carbonyl (C=O) groups excluding carboxylic acids is 1. The molecule has 0 unspecified atom stereocenters. The molecule has 2 aliphatic rings. The largest absolute Gasteiger partial charge is 0.317 e. The molecule has 1 fully saturated rings. The second-order valence-electron chi connectivity index (χ2n) is 8.75. The van der Waals surface area contributed by atoms with Gasteiger partial charge in [0.1, 0.15) is 0 Å². The molecule has 2 heterocycles. The smallest absolute Gasteiger partial charge is 0.162 e. The van der Waals surface area contributed by atoms with Crippen LogP contribution in [0.5, 0.6) is 0 Å². The van der Waals surface area contributed by atoms with Crippen molar-refractivity contribution in [1.29, 1.82) is 0 Å². The molecule has 4 rings (SSSR count). The lowest BCUT2D eigenvalue weighted by Crippen LogP contribution is -2.27. The summed E-state index contributed by atoms with van der Waals surface area (Å²) >= 11 is 0. The Morgan fingerprint density at radius 1 is 0.966 bits per heavy atom. The molecule has 154 valence electrons. The van der Waals surface area contributed by atoms with Gasteiger partial charge in [0.05, 0.1) is 0 Å². The SMILES string of the molecule is O=C(CCCC1CCNCC1)c1ccc2c(c1)CCN(Cc1ccccc1)CC2. The van der Waals surface area contributed by atoms with Crippen molar-refractivity contribution in [3.8, 4) is 0 Å². The van der Waals surface area contributed by atoms with Crippen molar-refractivity contribution in [2.75, 3.05) is 26.2 Å². The highest BCUT2D eigenvalue weighted by atomic mass is 16.1. The zero-order valence-electron chi connectivity index (χ0n) is 17.5. The van der Waals surface area contributed by atoms with E-state index in [1.165, 1.54) is 36.0 Å². The molecule has 0 saturated carbocycles. The Labute approximate surface area is 175 Å². The van der Waals surface area contributed by atoms with Gasteiger partial charge in [0.15, 0.2) is 5.78 Å².